The molecule has 0 aliphatic carbocycles. The molecule has 1 aliphatic rings. The number of sulfonamides is 1. The second-order valence-electron chi connectivity index (χ2n) is 6.40. The van der Waals surface area contributed by atoms with Crippen LogP contribution in [0.4, 0.5) is 5.69 Å². The standard InChI is InChI=1S/C19H18N2O5S2/c1-3-25-19(22)14-11-16(26-20-14)17-8-9-18(27-17)28(23,24)21-12(2)10-13-6-4-5-7-15(13)21/h4-9,11-12H,3,10H2,1-2H3. The predicted molar refractivity (Wildman–Crippen MR) is 105 cm³/mol. The Morgan fingerprint density at radius 3 is 2.89 bits per heavy atom. The van der Waals surface area contributed by atoms with Gasteiger partial charge in [0.2, 0.25) is 0 Å². The van der Waals surface area contributed by atoms with Crippen LogP contribution in [0.1, 0.15) is 29.9 Å². The van der Waals surface area contributed by atoms with Crippen LogP contribution in [-0.4, -0.2) is 32.2 Å². The third kappa shape index (κ3) is 3.10. The molecule has 0 bridgehead atoms. The number of rotatable bonds is 5. The summed E-state index contributed by atoms with van der Waals surface area (Å²) < 4.78 is 38.3. The minimum absolute atomic E-state index is 0.0525. The van der Waals surface area contributed by atoms with Gasteiger partial charge in [0.1, 0.15) is 4.21 Å². The first-order valence-corrected chi connectivity index (χ1v) is 11.0. The van der Waals surface area contributed by atoms with Crippen molar-refractivity contribution < 1.29 is 22.5 Å². The third-order valence-electron chi connectivity index (χ3n) is 4.48. The van der Waals surface area contributed by atoms with Crippen LogP contribution in [0.2, 0.25) is 0 Å². The van der Waals surface area contributed by atoms with Gasteiger partial charge in [0.05, 0.1) is 17.2 Å². The van der Waals surface area contributed by atoms with E-state index in [0.717, 1.165) is 16.9 Å². The molecule has 2 aromatic heterocycles. The zero-order valence-electron chi connectivity index (χ0n) is 15.3. The highest BCUT2D eigenvalue weighted by Gasteiger charge is 2.36. The number of ether oxygens (including phenoxy) is 1. The summed E-state index contributed by atoms with van der Waals surface area (Å²) in [5.41, 5.74) is 1.79. The van der Waals surface area contributed by atoms with E-state index in [1.807, 2.05) is 31.2 Å². The SMILES string of the molecule is CCOC(=O)c1cc(-c2ccc(S(=O)(=O)N3c4ccccc4CC3C)s2)on1. The van der Waals surface area contributed by atoms with Crippen LogP contribution in [0.3, 0.4) is 0 Å². The molecule has 0 N–H and O–H groups in total. The Morgan fingerprint density at radius 2 is 2.11 bits per heavy atom. The number of aromatic nitrogens is 1. The van der Waals surface area contributed by atoms with Crippen LogP contribution >= 0.6 is 11.3 Å². The first kappa shape index (κ1) is 18.7. The molecular formula is C19H18N2O5S2. The van der Waals surface area contributed by atoms with Crippen molar-refractivity contribution in [1.82, 2.24) is 5.16 Å². The molecule has 28 heavy (non-hydrogen) atoms. The molecule has 0 fully saturated rings. The summed E-state index contributed by atoms with van der Waals surface area (Å²) in [7, 11) is -3.71. The van der Waals surface area contributed by atoms with Gasteiger partial charge in [-0.1, -0.05) is 23.4 Å². The van der Waals surface area contributed by atoms with E-state index < -0.39 is 16.0 Å². The second-order valence-corrected chi connectivity index (χ2v) is 9.52. The summed E-state index contributed by atoms with van der Waals surface area (Å²) in [6, 6.07) is 12.0. The summed E-state index contributed by atoms with van der Waals surface area (Å²) in [5.74, 6) is -0.256. The molecule has 0 radical (unpaired) electrons. The van der Waals surface area contributed by atoms with Crippen molar-refractivity contribution >= 4 is 33.0 Å². The van der Waals surface area contributed by atoms with Crippen molar-refractivity contribution in [3.63, 3.8) is 0 Å². The van der Waals surface area contributed by atoms with Crippen molar-refractivity contribution in [3.05, 3.63) is 53.7 Å². The fourth-order valence-electron chi connectivity index (χ4n) is 3.28. The van der Waals surface area contributed by atoms with E-state index in [9.17, 15) is 13.2 Å². The lowest BCUT2D eigenvalue weighted by molar-refractivity contribution is 0.0514. The minimum Gasteiger partial charge on any atom is -0.461 e. The number of anilines is 1. The number of carbonyl (C=O) groups excluding carboxylic acids is 1. The number of esters is 1. The first-order valence-electron chi connectivity index (χ1n) is 8.78. The number of thiophene rings is 1. The third-order valence-corrected chi connectivity index (χ3v) is 7.97. The van der Waals surface area contributed by atoms with Crippen LogP contribution in [0.25, 0.3) is 10.6 Å². The van der Waals surface area contributed by atoms with Gasteiger partial charge >= 0.3 is 5.97 Å². The average molecular weight is 418 g/mol. The van der Waals surface area contributed by atoms with E-state index in [4.69, 9.17) is 9.26 Å². The summed E-state index contributed by atoms with van der Waals surface area (Å²) >= 11 is 1.08. The number of nitrogens with zero attached hydrogens (tertiary/aromatic N) is 2. The Labute approximate surface area is 166 Å². The molecule has 7 nitrogen and oxygen atoms in total. The van der Waals surface area contributed by atoms with Gasteiger partial charge in [-0.05, 0) is 44.0 Å². The molecule has 0 spiro atoms. The Morgan fingerprint density at radius 1 is 1.32 bits per heavy atom. The average Bonchev–Trinajstić information content (AvgIpc) is 3.38. The molecule has 1 aromatic carbocycles. The summed E-state index contributed by atoms with van der Waals surface area (Å²) in [5, 5.41) is 3.70. The molecule has 3 heterocycles. The topological polar surface area (TPSA) is 89.7 Å². The molecule has 3 aromatic rings. The van der Waals surface area contributed by atoms with E-state index >= 15 is 0 Å². The molecule has 0 saturated carbocycles. The normalized spacial score (nSPS) is 16.2. The molecular weight excluding hydrogens is 400 g/mol. The number of para-hydroxylation sites is 1. The Kier molecular flexibility index (Phi) is 4.72. The van der Waals surface area contributed by atoms with Crippen molar-refractivity contribution in [3.8, 4) is 10.6 Å². The predicted octanol–water partition coefficient (Wildman–Crippen LogP) is 3.72. The Balaban J connectivity index is 1.65. The zero-order valence-corrected chi connectivity index (χ0v) is 16.9. The fraction of sp³-hybridized carbons (Fsp3) is 0.263. The quantitative estimate of drug-likeness (QED) is 0.587. The lowest BCUT2D eigenvalue weighted by Gasteiger charge is -2.23. The lowest BCUT2D eigenvalue weighted by Crippen LogP contribution is -2.35. The van der Waals surface area contributed by atoms with E-state index in [2.05, 4.69) is 5.16 Å². The number of carbonyl (C=O) groups is 1. The summed E-state index contributed by atoms with van der Waals surface area (Å²) in [4.78, 5) is 12.3. The molecule has 9 heteroatoms. The molecule has 146 valence electrons. The highest BCUT2D eigenvalue weighted by molar-refractivity contribution is 7.94. The smallest absolute Gasteiger partial charge is 0.360 e. The van der Waals surface area contributed by atoms with Crippen molar-refractivity contribution in [2.45, 2.75) is 30.5 Å². The first-order chi connectivity index (χ1) is 13.4. The Hall–Kier alpha value is -2.65. The summed E-state index contributed by atoms with van der Waals surface area (Å²) in [6.45, 7) is 3.83. The molecule has 1 atom stereocenters. The van der Waals surface area contributed by atoms with Crippen LogP contribution in [-0.2, 0) is 21.2 Å². The number of hydrogen-bond donors (Lipinski definition) is 0. The van der Waals surface area contributed by atoms with E-state index in [1.165, 1.54) is 10.4 Å². The van der Waals surface area contributed by atoms with Gasteiger partial charge < -0.3 is 9.26 Å². The molecule has 0 saturated heterocycles. The Bertz CT molecular complexity index is 1130. The van der Waals surface area contributed by atoms with Gasteiger partial charge in [-0.3, -0.25) is 4.31 Å². The molecule has 1 unspecified atom stereocenters. The van der Waals surface area contributed by atoms with E-state index in [-0.39, 0.29) is 22.6 Å². The summed E-state index contributed by atoms with van der Waals surface area (Å²) in [6.07, 6.45) is 0.679. The van der Waals surface area contributed by atoms with Gasteiger partial charge in [0, 0.05) is 12.1 Å². The molecule has 4 rings (SSSR count). The van der Waals surface area contributed by atoms with Gasteiger partial charge in [-0.15, -0.1) is 11.3 Å². The van der Waals surface area contributed by atoms with Gasteiger partial charge in [-0.25, -0.2) is 13.2 Å². The highest BCUT2D eigenvalue weighted by Crippen LogP contribution is 2.39. The van der Waals surface area contributed by atoms with Gasteiger partial charge in [0.25, 0.3) is 10.0 Å². The minimum atomic E-state index is -3.71. The monoisotopic (exact) mass is 418 g/mol. The maximum absolute atomic E-state index is 13.3. The van der Waals surface area contributed by atoms with Gasteiger partial charge in [-0.2, -0.15) is 0 Å². The molecule has 0 amide bonds. The molecule has 1 aliphatic heterocycles. The van der Waals surface area contributed by atoms with Crippen LogP contribution in [0.15, 0.2) is 51.2 Å². The van der Waals surface area contributed by atoms with Crippen LogP contribution < -0.4 is 4.31 Å². The van der Waals surface area contributed by atoms with Gasteiger partial charge in [0.15, 0.2) is 11.5 Å². The fourth-order valence-corrected chi connectivity index (χ4v) is 6.32. The maximum atomic E-state index is 13.3. The highest BCUT2D eigenvalue weighted by atomic mass is 32.2. The number of fused-ring (bicyclic) bond motifs is 1. The van der Waals surface area contributed by atoms with E-state index in [1.54, 1.807) is 19.1 Å². The van der Waals surface area contributed by atoms with Crippen molar-refractivity contribution in [1.29, 1.82) is 0 Å². The second kappa shape index (κ2) is 7.06. The van der Waals surface area contributed by atoms with Crippen LogP contribution in [0, 0.1) is 0 Å². The van der Waals surface area contributed by atoms with E-state index in [0.29, 0.717) is 22.7 Å². The maximum Gasteiger partial charge on any atom is 0.360 e. The number of benzene rings is 1. The van der Waals surface area contributed by atoms with Crippen LogP contribution in [0.5, 0.6) is 0 Å². The van der Waals surface area contributed by atoms with Crippen molar-refractivity contribution in [2.75, 3.05) is 10.9 Å². The number of hydrogen-bond acceptors (Lipinski definition) is 7. The zero-order chi connectivity index (χ0) is 19.9. The largest absolute Gasteiger partial charge is 0.461 e. The lowest BCUT2D eigenvalue weighted by atomic mass is 10.1. The van der Waals surface area contributed by atoms with Crippen molar-refractivity contribution in [2.24, 2.45) is 0 Å².